The summed E-state index contributed by atoms with van der Waals surface area (Å²) in [4.78, 5) is 16.3. The zero-order valence-electron chi connectivity index (χ0n) is 11.4. The SMILES string of the molecule is O=C(Nc1nc2cc3c(cc2s1)OCO3)c1c(F)cccc1F. The molecule has 5 nitrogen and oxygen atoms in total. The van der Waals surface area contributed by atoms with E-state index in [0.29, 0.717) is 17.0 Å². The van der Waals surface area contributed by atoms with Crippen molar-refractivity contribution in [2.24, 2.45) is 0 Å². The van der Waals surface area contributed by atoms with Crippen LogP contribution < -0.4 is 14.8 Å². The third-order valence-corrected chi connectivity index (χ3v) is 4.23. The van der Waals surface area contributed by atoms with E-state index in [2.05, 4.69) is 10.3 Å². The molecule has 0 aliphatic carbocycles. The molecule has 0 bridgehead atoms. The molecule has 2 heterocycles. The number of fused-ring (bicyclic) bond motifs is 2. The van der Waals surface area contributed by atoms with E-state index < -0.39 is 23.1 Å². The Hall–Kier alpha value is -2.74. The maximum Gasteiger partial charge on any atom is 0.263 e. The number of nitrogens with zero attached hydrogens (tertiary/aromatic N) is 1. The molecule has 3 aromatic rings. The number of thiazole rings is 1. The number of carbonyl (C=O) groups excluding carboxylic acids is 1. The van der Waals surface area contributed by atoms with Crippen LogP contribution in [-0.2, 0) is 0 Å². The molecule has 1 aromatic heterocycles. The number of nitrogens with one attached hydrogen (secondary N) is 1. The van der Waals surface area contributed by atoms with Crippen LogP contribution in [0.25, 0.3) is 10.2 Å². The molecular weight excluding hydrogens is 326 g/mol. The quantitative estimate of drug-likeness (QED) is 0.778. The van der Waals surface area contributed by atoms with Gasteiger partial charge in [-0.1, -0.05) is 17.4 Å². The summed E-state index contributed by atoms with van der Waals surface area (Å²) in [5, 5.41) is 2.64. The largest absolute Gasteiger partial charge is 0.454 e. The Labute approximate surface area is 132 Å². The molecule has 4 rings (SSSR count). The van der Waals surface area contributed by atoms with Crippen molar-refractivity contribution in [3.8, 4) is 11.5 Å². The Morgan fingerprint density at radius 2 is 1.87 bits per heavy atom. The highest BCUT2D eigenvalue weighted by Crippen LogP contribution is 2.39. The van der Waals surface area contributed by atoms with E-state index in [4.69, 9.17) is 9.47 Å². The molecule has 0 atom stereocenters. The Morgan fingerprint density at radius 1 is 1.17 bits per heavy atom. The Kier molecular flexibility index (Phi) is 3.12. The second-order valence-corrected chi connectivity index (χ2v) is 5.77. The van der Waals surface area contributed by atoms with Crippen LogP contribution in [0, 0.1) is 11.6 Å². The van der Waals surface area contributed by atoms with E-state index in [-0.39, 0.29) is 11.9 Å². The monoisotopic (exact) mass is 334 g/mol. The van der Waals surface area contributed by atoms with Crippen molar-refractivity contribution in [2.75, 3.05) is 12.1 Å². The van der Waals surface area contributed by atoms with Gasteiger partial charge in [0.05, 0.1) is 10.2 Å². The van der Waals surface area contributed by atoms with Crippen molar-refractivity contribution < 1.29 is 23.0 Å². The molecule has 0 saturated carbocycles. The van der Waals surface area contributed by atoms with Gasteiger partial charge in [0, 0.05) is 12.1 Å². The minimum absolute atomic E-state index is 0.156. The van der Waals surface area contributed by atoms with E-state index in [1.54, 1.807) is 12.1 Å². The van der Waals surface area contributed by atoms with Gasteiger partial charge in [0.15, 0.2) is 16.6 Å². The maximum absolute atomic E-state index is 13.6. The van der Waals surface area contributed by atoms with E-state index in [9.17, 15) is 13.6 Å². The molecule has 1 amide bonds. The Morgan fingerprint density at radius 3 is 2.61 bits per heavy atom. The minimum Gasteiger partial charge on any atom is -0.454 e. The molecule has 2 aromatic carbocycles. The first kappa shape index (κ1) is 13.9. The van der Waals surface area contributed by atoms with Crippen LogP contribution in [-0.4, -0.2) is 17.7 Å². The summed E-state index contributed by atoms with van der Waals surface area (Å²) < 4.78 is 38.5. The average molecular weight is 334 g/mol. The third-order valence-electron chi connectivity index (χ3n) is 3.29. The highest BCUT2D eigenvalue weighted by Gasteiger charge is 2.20. The summed E-state index contributed by atoms with van der Waals surface area (Å²) in [5.74, 6) is -1.58. The summed E-state index contributed by atoms with van der Waals surface area (Å²) in [6.07, 6.45) is 0. The zero-order chi connectivity index (χ0) is 16.0. The molecule has 1 aliphatic heterocycles. The highest BCUT2D eigenvalue weighted by molar-refractivity contribution is 7.22. The molecule has 23 heavy (non-hydrogen) atoms. The molecule has 0 unspecified atom stereocenters. The van der Waals surface area contributed by atoms with E-state index in [1.165, 1.54) is 17.4 Å². The maximum atomic E-state index is 13.6. The lowest BCUT2D eigenvalue weighted by atomic mass is 10.2. The van der Waals surface area contributed by atoms with Gasteiger partial charge >= 0.3 is 0 Å². The van der Waals surface area contributed by atoms with Gasteiger partial charge in [-0.15, -0.1) is 0 Å². The number of carbonyl (C=O) groups is 1. The van der Waals surface area contributed by atoms with Crippen LogP contribution >= 0.6 is 11.3 Å². The topological polar surface area (TPSA) is 60.5 Å². The molecule has 0 saturated heterocycles. The second-order valence-electron chi connectivity index (χ2n) is 4.74. The third kappa shape index (κ3) is 2.36. The van der Waals surface area contributed by atoms with Crippen molar-refractivity contribution >= 4 is 32.6 Å². The predicted molar refractivity (Wildman–Crippen MR) is 80.1 cm³/mol. The van der Waals surface area contributed by atoms with Gasteiger partial charge in [-0.2, -0.15) is 0 Å². The number of ether oxygens (including phenoxy) is 2. The van der Waals surface area contributed by atoms with E-state index >= 15 is 0 Å². The lowest BCUT2D eigenvalue weighted by Gasteiger charge is -2.03. The Balaban J connectivity index is 1.66. The standard InChI is InChI=1S/C15H8F2N2O3S/c16-7-2-1-3-8(17)13(7)14(20)19-15-18-9-4-10-11(22-6-21-10)5-12(9)23-15/h1-5H,6H2,(H,18,19,20). The lowest BCUT2D eigenvalue weighted by Crippen LogP contribution is -2.15. The van der Waals surface area contributed by atoms with Gasteiger partial charge < -0.3 is 9.47 Å². The van der Waals surface area contributed by atoms with Crippen LogP contribution in [0.4, 0.5) is 13.9 Å². The summed E-state index contributed by atoms with van der Waals surface area (Å²) >= 11 is 1.17. The van der Waals surface area contributed by atoms with Crippen LogP contribution in [0.5, 0.6) is 11.5 Å². The fourth-order valence-electron chi connectivity index (χ4n) is 2.25. The zero-order valence-corrected chi connectivity index (χ0v) is 12.2. The number of aromatic nitrogens is 1. The molecule has 0 radical (unpaired) electrons. The van der Waals surface area contributed by atoms with Gasteiger partial charge in [-0.05, 0) is 12.1 Å². The van der Waals surface area contributed by atoms with Crippen molar-refractivity contribution in [2.45, 2.75) is 0 Å². The molecule has 116 valence electrons. The number of amides is 1. The molecule has 1 aliphatic rings. The molecule has 0 spiro atoms. The first-order valence-electron chi connectivity index (χ1n) is 6.57. The Bertz CT molecular complexity index is 881. The molecule has 0 fully saturated rings. The van der Waals surface area contributed by atoms with Crippen LogP contribution in [0.3, 0.4) is 0 Å². The number of hydrogen-bond donors (Lipinski definition) is 1. The van der Waals surface area contributed by atoms with Crippen molar-refractivity contribution in [3.63, 3.8) is 0 Å². The van der Waals surface area contributed by atoms with Gasteiger partial charge in [-0.25, -0.2) is 13.8 Å². The minimum atomic E-state index is -0.926. The smallest absolute Gasteiger partial charge is 0.263 e. The van der Waals surface area contributed by atoms with Crippen molar-refractivity contribution in [1.29, 1.82) is 0 Å². The van der Waals surface area contributed by atoms with Gasteiger partial charge in [0.25, 0.3) is 5.91 Å². The summed E-state index contributed by atoms with van der Waals surface area (Å²) in [6.45, 7) is 0.156. The number of halogens is 2. The van der Waals surface area contributed by atoms with Gasteiger partial charge in [0.1, 0.15) is 17.2 Å². The van der Waals surface area contributed by atoms with Crippen LogP contribution in [0.2, 0.25) is 0 Å². The van der Waals surface area contributed by atoms with Gasteiger partial charge in [-0.3, -0.25) is 10.1 Å². The predicted octanol–water partition coefficient (Wildman–Crippen LogP) is 3.56. The van der Waals surface area contributed by atoms with Crippen molar-refractivity contribution in [1.82, 2.24) is 4.98 Å². The van der Waals surface area contributed by atoms with Crippen LogP contribution in [0.1, 0.15) is 10.4 Å². The molecular formula is C15H8F2N2O3S. The fourth-order valence-corrected chi connectivity index (χ4v) is 3.12. The number of hydrogen-bond acceptors (Lipinski definition) is 5. The van der Waals surface area contributed by atoms with E-state index in [0.717, 1.165) is 16.8 Å². The van der Waals surface area contributed by atoms with E-state index in [1.807, 2.05) is 0 Å². The number of benzene rings is 2. The lowest BCUT2D eigenvalue weighted by molar-refractivity contribution is 0.101. The van der Waals surface area contributed by atoms with Crippen molar-refractivity contribution in [3.05, 3.63) is 47.5 Å². The summed E-state index contributed by atoms with van der Waals surface area (Å²) in [7, 11) is 0. The first-order valence-corrected chi connectivity index (χ1v) is 7.39. The first-order chi connectivity index (χ1) is 11.1. The van der Waals surface area contributed by atoms with Crippen LogP contribution in [0.15, 0.2) is 30.3 Å². The second kappa shape index (κ2) is 5.17. The average Bonchev–Trinajstić information content (AvgIpc) is 3.09. The fraction of sp³-hybridized carbons (Fsp3) is 0.0667. The molecule has 8 heteroatoms. The molecule has 1 N–H and O–H groups in total. The highest BCUT2D eigenvalue weighted by atomic mass is 32.1. The number of rotatable bonds is 2. The summed E-state index contributed by atoms with van der Waals surface area (Å²) in [6, 6.07) is 6.67. The normalized spacial score (nSPS) is 12.6. The number of anilines is 1. The summed E-state index contributed by atoms with van der Waals surface area (Å²) in [5.41, 5.74) is -0.0375. The van der Waals surface area contributed by atoms with Gasteiger partial charge in [0.2, 0.25) is 6.79 Å².